The Bertz CT molecular complexity index is 1060. The Balaban J connectivity index is 1.45. The molecule has 2 saturated heterocycles. The number of hydrogen-bond donors (Lipinski definition) is 0. The van der Waals surface area contributed by atoms with Gasteiger partial charge in [0.15, 0.2) is 0 Å². The quantitative estimate of drug-likeness (QED) is 0.691. The number of benzene rings is 1. The second-order valence-corrected chi connectivity index (χ2v) is 10.8. The van der Waals surface area contributed by atoms with Crippen molar-refractivity contribution >= 4 is 15.9 Å². The van der Waals surface area contributed by atoms with E-state index in [1.807, 2.05) is 50.1 Å². The first kappa shape index (κ1) is 22.9. The van der Waals surface area contributed by atoms with Gasteiger partial charge in [0.25, 0.3) is 0 Å². The summed E-state index contributed by atoms with van der Waals surface area (Å²) >= 11 is 0. The Morgan fingerprint density at radius 2 is 1.75 bits per heavy atom. The van der Waals surface area contributed by atoms with Crippen LogP contribution in [-0.2, 0) is 21.4 Å². The summed E-state index contributed by atoms with van der Waals surface area (Å²) in [6.45, 7) is 9.62. The van der Waals surface area contributed by atoms with E-state index in [-0.39, 0.29) is 5.91 Å². The zero-order chi connectivity index (χ0) is 22.9. The molecule has 2 fully saturated rings. The predicted octanol–water partition coefficient (Wildman–Crippen LogP) is 2.50. The van der Waals surface area contributed by atoms with E-state index < -0.39 is 16.1 Å². The van der Waals surface area contributed by atoms with Crippen LogP contribution in [0.25, 0.3) is 0 Å². The molecule has 1 unspecified atom stereocenters. The third-order valence-corrected chi connectivity index (χ3v) is 8.69. The normalized spacial score (nSPS) is 20.6. The van der Waals surface area contributed by atoms with Gasteiger partial charge in [0.05, 0.1) is 4.90 Å². The van der Waals surface area contributed by atoms with Crippen molar-refractivity contribution in [1.82, 2.24) is 19.1 Å². The van der Waals surface area contributed by atoms with Gasteiger partial charge in [-0.1, -0.05) is 23.8 Å². The van der Waals surface area contributed by atoms with Crippen molar-refractivity contribution in [2.24, 2.45) is 0 Å². The first-order valence-electron chi connectivity index (χ1n) is 11.3. The van der Waals surface area contributed by atoms with Gasteiger partial charge >= 0.3 is 0 Å². The lowest BCUT2D eigenvalue weighted by Gasteiger charge is -2.37. The number of hydrogen-bond acceptors (Lipinski definition) is 5. The number of aryl methyl sites for hydroxylation is 3. The van der Waals surface area contributed by atoms with Gasteiger partial charge in [0, 0.05) is 51.7 Å². The first-order valence-corrected chi connectivity index (χ1v) is 12.7. The third kappa shape index (κ3) is 4.58. The van der Waals surface area contributed by atoms with Crippen molar-refractivity contribution in [3.8, 4) is 0 Å². The van der Waals surface area contributed by atoms with Gasteiger partial charge < -0.3 is 4.90 Å². The minimum absolute atomic E-state index is 0.0606. The second-order valence-electron chi connectivity index (χ2n) is 8.96. The number of amides is 1. The van der Waals surface area contributed by atoms with Crippen LogP contribution < -0.4 is 0 Å². The molecule has 0 saturated carbocycles. The molecule has 1 amide bonds. The molecular weight excluding hydrogens is 424 g/mol. The van der Waals surface area contributed by atoms with Crippen molar-refractivity contribution in [2.75, 3.05) is 32.7 Å². The topological polar surface area (TPSA) is 73.8 Å². The number of sulfonamides is 1. The molecule has 1 aromatic heterocycles. The standard InChI is InChI=1S/C24H32N4O3S/c1-18-14-19(2)23(20(3)15-18)32(30,31)28-9-5-7-22(28)24(29)27-12-10-26(11-13-27)17-21-6-4-8-25-16-21/h4,6,8,14-16,22H,5,7,9-13,17H2,1-3H3. The molecule has 2 aliphatic heterocycles. The van der Waals surface area contributed by atoms with Crippen molar-refractivity contribution in [1.29, 1.82) is 0 Å². The number of nitrogens with zero attached hydrogens (tertiary/aromatic N) is 4. The molecule has 4 rings (SSSR count). The maximum atomic E-state index is 13.6. The summed E-state index contributed by atoms with van der Waals surface area (Å²) in [7, 11) is -3.73. The lowest BCUT2D eigenvalue weighted by Crippen LogP contribution is -2.54. The van der Waals surface area contributed by atoms with Crippen molar-refractivity contribution in [3.63, 3.8) is 0 Å². The summed E-state index contributed by atoms with van der Waals surface area (Å²) in [5.74, 6) is -0.0606. The lowest BCUT2D eigenvalue weighted by atomic mass is 10.1. The Morgan fingerprint density at radius 1 is 1.06 bits per heavy atom. The molecular formula is C24H32N4O3S. The van der Waals surface area contributed by atoms with Gasteiger partial charge in [-0.3, -0.25) is 14.7 Å². The van der Waals surface area contributed by atoms with Crippen LogP contribution in [-0.4, -0.2) is 72.2 Å². The van der Waals surface area contributed by atoms with Crippen LogP contribution in [0.2, 0.25) is 0 Å². The number of rotatable bonds is 5. The molecule has 32 heavy (non-hydrogen) atoms. The fourth-order valence-corrected chi connectivity index (χ4v) is 7.12. The van der Waals surface area contributed by atoms with E-state index in [4.69, 9.17) is 0 Å². The average molecular weight is 457 g/mol. The predicted molar refractivity (Wildman–Crippen MR) is 124 cm³/mol. The highest BCUT2D eigenvalue weighted by Crippen LogP contribution is 2.31. The van der Waals surface area contributed by atoms with Gasteiger partial charge in [0.2, 0.25) is 15.9 Å². The largest absolute Gasteiger partial charge is 0.339 e. The van der Waals surface area contributed by atoms with Gasteiger partial charge in [-0.15, -0.1) is 0 Å². The van der Waals surface area contributed by atoms with Crippen LogP contribution in [0, 0.1) is 20.8 Å². The van der Waals surface area contributed by atoms with Gasteiger partial charge in [0.1, 0.15) is 6.04 Å². The minimum atomic E-state index is -3.73. The monoisotopic (exact) mass is 456 g/mol. The van der Waals surface area contributed by atoms with Crippen LogP contribution in [0.3, 0.4) is 0 Å². The summed E-state index contributed by atoms with van der Waals surface area (Å²) in [6, 6.07) is 7.18. The molecule has 0 aliphatic carbocycles. The van der Waals surface area contributed by atoms with Crippen molar-refractivity contribution in [3.05, 3.63) is 58.9 Å². The lowest BCUT2D eigenvalue weighted by molar-refractivity contribution is -0.136. The third-order valence-electron chi connectivity index (χ3n) is 6.47. The molecule has 3 heterocycles. The van der Waals surface area contributed by atoms with Crippen LogP contribution in [0.15, 0.2) is 41.6 Å². The van der Waals surface area contributed by atoms with Crippen LogP contribution >= 0.6 is 0 Å². The average Bonchev–Trinajstić information content (AvgIpc) is 3.24. The zero-order valence-corrected chi connectivity index (χ0v) is 19.9. The summed E-state index contributed by atoms with van der Waals surface area (Å²) in [4.78, 5) is 22.0. The van der Waals surface area contributed by atoms with E-state index >= 15 is 0 Å². The number of pyridine rings is 1. The van der Waals surface area contributed by atoms with Gasteiger partial charge in [-0.2, -0.15) is 4.31 Å². The molecule has 2 aliphatic rings. The minimum Gasteiger partial charge on any atom is -0.339 e. The summed E-state index contributed by atoms with van der Waals surface area (Å²) in [5, 5.41) is 0. The Labute approximate surface area is 191 Å². The summed E-state index contributed by atoms with van der Waals surface area (Å²) in [6.07, 6.45) is 4.92. The summed E-state index contributed by atoms with van der Waals surface area (Å²) < 4.78 is 28.6. The van der Waals surface area contributed by atoms with E-state index in [0.29, 0.717) is 37.4 Å². The first-order chi connectivity index (χ1) is 15.3. The van der Waals surface area contributed by atoms with E-state index in [2.05, 4.69) is 16.0 Å². The Hall–Kier alpha value is -2.29. The molecule has 172 valence electrons. The summed E-state index contributed by atoms with van der Waals surface area (Å²) in [5.41, 5.74) is 3.68. The highest BCUT2D eigenvalue weighted by atomic mass is 32.2. The number of carbonyl (C=O) groups excluding carboxylic acids is 1. The molecule has 1 aromatic carbocycles. The number of piperazine rings is 1. The van der Waals surface area contributed by atoms with Crippen LogP contribution in [0.5, 0.6) is 0 Å². The maximum absolute atomic E-state index is 13.6. The van der Waals surface area contributed by atoms with E-state index in [9.17, 15) is 13.2 Å². The molecule has 8 heteroatoms. The van der Waals surface area contributed by atoms with E-state index in [0.717, 1.165) is 41.9 Å². The molecule has 0 radical (unpaired) electrons. The Kier molecular flexibility index (Phi) is 6.65. The Morgan fingerprint density at radius 3 is 2.38 bits per heavy atom. The smallest absolute Gasteiger partial charge is 0.244 e. The van der Waals surface area contributed by atoms with Gasteiger partial charge in [-0.25, -0.2) is 8.42 Å². The van der Waals surface area contributed by atoms with Crippen LogP contribution in [0.4, 0.5) is 0 Å². The molecule has 1 atom stereocenters. The molecule has 0 bridgehead atoms. The van der Waals surface area contributed by atoms with E-state index in [1.165, 1.54) is 4.31 Å². The molecule has 0 N–H and O–H groups in total. The maximum Gasteiger partial charge on any atom is 0.244 e. The van der Waals surface area contributed by atoms with Crippen molar-refractivity contribution < 1.29 is 13.2 Å². The fourth-order valence-electron chi connectivity index (χ4n) is 5.05. The molecule has 7 nitrogen and oxygen atoms in total. The second kappa shape index (κ2) is 9.29. The molecule has 2 aromatic rings. The SMILES string of the molecule is Cc1cc(C)c(S(=O)(=O)N2CCCC2C(=O)N2CCN(Cc3cccnc3)CC2)c(C)c1. The zero-order valence-electron chi connectivity index (χ0n) is 19.1. The number of carbonyl (C=O) groups is 1. The van der Waals surface area contributed by atoms with Crippen molar-refractivity contribution in [2.45, 2.75) is 51.1 Å². The molecule has 0 spiro atoms. The number of aromatic nitrogens is 1. The highest BCUT2D eigenvalue weighted by molar-refractivity contribution is 7.89. The highest BCUT2D eigenvalue weighted by Gasteiger charge is 2.42. The van der Waals surface area contributed by atoms with Gasteiger partial charge in [-0.05, 0) is 56.4 Å². The van der Waals surface area contributed by atoms with E-state index in [1.54, 1.807) is 6.20 Å². The van der Waals surface area contributed by atoms with Crippen LogP contribution in [0.1, 0.15) is 35.1 Å². The fraction of sp³-hybridized carbons (Fsp3) is 0.500.